The number of rotatable bonds is 5. The topological polar surface area (TPSA) is 0 Å². The van der Waals surface area contributed by atoms with Crippen molar-refractivity contribution in [2.45, 2.75) is 26.0 Å². The summed E-state index contributed by atoms with van der Waals surface area (Å²) in [6.07, 6.45) is 1.24. The van der Waals surface area contributed by atoms with Crippen molar-refractivity contribution in [2.75, 3.05) is 5.75 Å². The van der Waals surface area contributed by atoms with Crippen molar-refractivity contribution in [2.24, 2.45) is 5.92 Å². The predicted molar refractivity (Wildman–Crippen MR) is 69.7 cm³/mol. The van der Waals surface area contributed by atoms with Gasteiger partial charge in [0, 0.05) is 5.75 Å². The average Bonchev–Trinajstić information content (AvgIpc) is 2.18. The molecule has 1 rings (SSSR count). The lowest BCUT2D eigenvalue weighted by Crippen LogP contribution is -1.90. The molecule has 0 fully saturated rings. The normalized spacial score (nSPS) is 11.0. The minimum absolute atomic E-state index is 0.189. The van der Waals surface area contributed by atoms with Crippen LogP contribution in [-0.2, 0) is 5.75 Å². The number of benzene rings is 1. The second kappa shape index (κ2) is 6.54. The smallest absolute Gasteiger partial charge is 0.137 e. The summed E-state index contributed by atoms with van der Waals surface area (Å²) < 4.78 is 13.5. The minimum Gasteiger partial charge on any atom is -0.206 e. The number of thioether (sulfide) groups is 1. The standard InChI is InChI=1S/C12H16BrFS/c1-9(2)5-6-15-8-10-3-4-12(14)11(13)7-10/h3-4,7,9H,5-6,8H2,1-2H3. The van der Waals surface area contributed by atoms with Gasteiger partial charge in [0.25, 0.3) is 0 Å². The minimum atomic E-state index is -0.189. The van der Waals surface area contributed by atoms with Gasteiger partial charge in [0.1, 0.15) is 5.82 Å². The first-order valence-electron chi connectivity index (χ1n) is 5.11. The fourth-order valence-electron chi connectivity index (χ4n) is 1.14. The van der Waals surface area contributed by atoms with E-state index in [1.54, 1.807) is 0 Å². The molecule has 0 spiro atoms. The van der Waals surface area contributed by atoms with Gasteiger partial charge in [0.15, 0.2) is 0 Å². The molecule has 0 atom stereocenters. The Kier molecular flexibility index (Phi) is 5.69. The zero-order valence-corrected chi connectivity index (χ0v) is 11.5. The first-order chi connectivity index (χ1) is 7.09. The van der Waals surface area contributed by atoms with Gasteiger partial charge in [-0.3, -0.25) is 0 Å². The van der Waals surface area contributed by atoms with Crippen LogP contribution in [0.5, 0.6) is 0 Å². The maximum Gasteiger partial charge on any atom is 0.137 e. The molecule has 0 nitrogen and oxygen atoms in total. The first-order valence-corrected chi connectivity index (χ1v) is 7.06. The van der Waals surface area contributed by atoms with Crippen molar-refractivity contribution in [3.05, 3.63) is 34.1 Å². The molecule has 0 aliphatic heterocycles. The summed E-state index contributed by atoms with van der Waals surface area (Å²) in [5.74, 6) is 2.71. The summed E-state index contributed by atoms with van der Waals surface area (Å²) >= 11 is 5.10. The zero-order valence-electron chi connectivity index (χ0n) is 9.09. The van der Waals surface area contributed by atoms with Crippen LogP contribution < -0.4 is 0 Å². The lowest BCUT2D eigenvalue weighted by atomic mass is 10.2. The summed E-state index contributed by atoms with van der Waals surface area (Å²) in [5.41, 5.74) is 1.18. The highest BCUT2D eigenvalue weighted by Gasteiger charge is 2.01. The molecule has 1 aromatic carbocycles. The van der Waals surface area contributed by atoms with Crippen LogP contribution in [0, 0.1) is 11.7 Å². The maximum absolute atomic E-state index is 12.9. The Morgan fingerprint density at radius 2 is 2.13 bits per heavy atom. The SMILES string of the molecule is CC(C)CCSCc1ccc(F)c(Br)c1. The van der Waals surface area contributed by atoms with Crippen molar-refractivity contribution >= 4 is 27.7 Å². The van der Waals surface area contributed by atoms with Crippen LogP contribution in [0.25, 0.3) is 0 Å². The molecule has 0 radical (unpaired) electrons. The van der Waals surface area contributed by atoms with Crippen LogP contribution in [0.1, 0.15) is 25.8 Å². The number of hydrogen-bond acceptors (Lipinski definition) is 1. The Labute approximate surface area is 104 Å². The van der Waals surface area contributed by atoms with Gasteiger partial charge in [-0.1, -0.05) is 19.9 Å². The van der Waals surface area contributed by atoms with E-state index in [1.165, 1.54) is 23.8 Å². The summed E-state index contributed by atoms with van der Waals surface area (Å²) in [6, 6.07) is 5.22. The molecule has 84 valence electrons. The molecule has 0 heterocycles. The second-order valence-corrected chi connectivity index (χ2v) is 5.94. The monoisotopic (exact) mass is 290 g/mol. The Morgan fingerprint density at radius 1 is 1.40 bits per heavy atom. The quantitative estimate of drug-likeness (QED) is 0.698. The van der Waals surface area contributed by atoms with E-state index in [2.05, 4.69) is 29.8 Å². The van der Waals surface area contributed by atoms with Gasteiger partial charge in [-0.15, -0.1) is 0 Å². The van der Waals surface area contributed by atoms with Crippen LogP contribution >= 0.6 is 27.7 Å². The highest BCUT2D eigenvalue weighted by molar-refractivity contribution is 9.10. The molecule has 0 saturated carbocycles. The van der Waals surface area contributed by atoms with Crippen molar-refractivity contribution in [3.8, 4) is 0 Å². The van der Waals surface area contributed by atoms with Crippen molar-refractivity contribution in [3.63, 3.8) is 0 Å². The molecular weight excluding hydrogens is 275 g/mol. The Hall–Kier alpha value is -0.0200. The van der Waals surface area contributed by atoms with Crippen LogP contribution in [0.4, 0.5) is 4.39 Å². The molecule has 0 N–H and O–H groups in total. The van der Waals surface area contributed by atoms with Crippen molar-refractivity contribution in [1.82, 2.24) is 0 Å². The van der Waals surface area contributed by atoms with Crippen LogP contribution in [0.15, 0.2) is 22.7 Å². The molecule has 0 saturated heterocycles. The third kappa shape index (κ3) is 5.03. The second-order valence-electron chi connectivity index (χ2n) is 3.98. The summed E-state index contributed by atoms with van der Waals surface area (Å²) in [4.78, 5) is 0. The summed E-state index contributed by atoms with van der Waals surface area (Å²) in [6.45, 7) is 4.46. The van der Waals surface area contributed by atoms with Gasteiger partial charge in [-0.25, -0.2) is 4.39 Å². The van der Waals surface area contributed by atoms with E-state index < -0.39 is 0 Å². The summed E-state index contributed by atoms with van der Waals surface area (Å²) in [7, 11) is 0. The van der Waals surface area contributed by atoms with Gasteiger partial charge in [0.05, 0.1) is 4.47 Å². The van der Waals surface area contributed by atoms with Crippen molar-refractivity contribution < 1.29 is 4.39 Å². The highest BCUT2D eigenvalue weighted by Crippen LogP contribution is 2.21. The van der Waals surface area contributed by atoms with Gasteiger partial charge < -0.3 is 0 Å². The largest absolute Gasteiger partial charge is 0.206 e. The van der Waals surface area contributed by atoms with Crippen molar-refractivity contribution in [1.29, 1.82) is 0 Å². The van der Waals surface area contributed by atoms with E-state index in [1.807, 2.05) is 23.9 Å². The first kappa shape index (κ1) is 13.0. The molecule has 15 heavy (non-hydrogen) atoms. The molecule has 0 aliphatic rings. The van der Waals surface area contributed by atoms with E-state index >= 15 is 0 Å². The number of hydrogen-bond donors (Lipinski definition) is 0. The lowest BCUT2D eigenvalue weighted by molar-refractivity contribution is 0.620. The molecule has 0 bridgehead atoms. The average molecular weight is 291 g/mol. The molecule has 0 aromatic heterocycles. The number of halogens is 2. The Bertz CT molecular complexity index is 312. The molecule has 1 aromatic rings. The van der Waals surface area contributed by atoms with E-state index in [0.717, 1.165) is 11.7 Å². The van der Waals surface area contributed by atoms with E-state index in [4.69, 9.17) is 0 Å². The van der Waals surface area contributed by atoms with Gasteiger partial charge >= 0.3 is 0 Å². The summed E-state index contributed by atoms with van der Waals surface area (Å²) in [5, 5.41) is 0. The molecular formula is C12H16BrFS. The van der Waals surface area contributed by atoms with E-state index in [9.17, 15) is 4.39 Å². The van der Waals surface area contributed by atoms with E-state index in [-0.39, 0.29) is 5.82 Å². The molecule has 0 amide bonds. The third-order valence-electron chi connectivity index (χ3n) is 2.09. The van der Waals surface area contributed by atoms with Gasteiger partial charge in [-0.05, 0) is 51.7 Å². The predicted octanol–water partition coefficient (Wildman–Crippen LogP) is 4.87. The lowest BCUT2D eigenvalue weighted by Gasteiger charge is -2.05. The fraction of sp³-hybridized carbons (Fsp3) is 0.500. The highest BCUT2D eigenvalue weighted by atomic mass is 79.9. The zero-order chi connectivity index (χ0) is 11.3. The van der Waals surface area contributed by atoms with Crippen LogP contribution in [-0.4, -0.2) is 5.75 Å². The van der Waals surface area contributed by atoms with Crippen LogP contribution in [0.3, 0.4) is 0 Å². The fourth-order valence-corrected chi connectivity index (χ4v) is 2.76. The maximum atomic E-state index is 12.9. The Morgan fingerprint density at radius 3 is 2.73 bits per heavy atom. The van der Waals surface area contributed by atoms with Gasteiger partial charge in [-0.2, -0.15) is 11.8 Å². The van der Waals surface area contributed by atoms with Crippen LogP contribution in [0.2, 0.25) is 0 Å². The third-order valence-corrected chi connectivity index (χ3v) is 3.76. The van der Waals surface area contributed by atoms with Gasteiger partial charge in [0.2, 0.25) is 0 Å². The molecule has 0 unspecified atom stereocenters. The van der Waals surface area contributed by atoms with E-state index in [0.29, 0.717) is 4.47 Å². The molecule has 0 aliphatic carbocycles. The molecule has 3 heteroatoms. The Balaban J connectivity index is 2.35.